The van der Waals surface area contributed by atoms with E-state index in [0.717, 1.165) is 35.7 Å². The van der Waals surface area contributed by atoms with Gasteiger partial charge in [0.2, 0.25) is 0 Å². The van der Waals surface area contributed by atoms with Gasteiger partial charge in [0.25, 0.3) is 5.91 Å². The third kappa shape index (κ3) is 3.93. The van der Waals surface area contributed by atoms with Crippen molar-refractivity contribution in [2.45, 2.75) is 6.92 Å². The van der Waals surface area contributed by atoms with Crippen molar-refractivity contribution in [3.8, 4) is 0 Å². The lowest BCUT2D eigenvalue weighted by molar-refractivity contribution is 0.0745. The molecule has 3 heterocycles. The number of nitrogens with one attached hydrogen (secondary N) is 1. The highest BCUT2D eigenvalue weighted by Crippen LogP contribution is 2.18. The van der Waals surface area contributed by atoms with Crippen LogP contribution in [0.1, 0.15) is 15.9 Å². The van der Waals surface area contributed by atoms with E-state index in [4.69, 9.17) is 0 Å². The topological polar surface area (TPSA) is 74.2 Å². The molecule has 2 aromatic heterocycles. The first-order valence-electron chi connectivity index (χ1n) is 9.31. The molecule has 0 bridgehead atoms. The van der Waals surface area contributed by atoms with Crippen LogP contribution in [-0.2, 0) is 0 Å². The number of nitrogens with zero attached hydrogens (tertiary/aromatic N) is 5. The number of anilines is 3. The molecule has 4 rings (SSSR count). The van der Waals surface area contributed by atoms with Gasteiger partial charge in [0.05, 0.1) is 0 Å². The quantitative estimate of drug-likeness (QED) is 0.757. The van der Waals surface area contributed by atoms with Crippen molar-refractivity contribution < 1.29 is 4.79 Å². The van der Waals surface area contributed by atoms with E-state index in [9.17, 15) is 4.79 Å². The third-order valence-corrected chi connectivity index (χ3v) is 4.87. The van der Waals surface area contributed by atoms with Crippen LogP contribution in [0.15, 0.2) is 60.9 Å². The van der Waals surface area contributed by atoms with Gasteiger partial charge in [-0.15, -0.1) is 10.2 Å². The summed E-state index contributed by atoms with van der Waals surface area (Å²) in [6.45, 7) is 4.80. The highest BCUT2D eigenvalue weighted by atomic mass is 16.2. The average Bonchev–Trinajstić information content (AvgIpc) is 2.75. The summed E-state index contributed by atoms with van der Waals surface area (Å²) in [6, 6.07) is 15.3. The van der Waals surface area contributed by atoms with Crippen LogP contribution in [-0.4, -0.2) is 52.2 Å². The van der Waals surface area contributed by atoms with Gasteiger partial charge in [-0.3, -0.25) is 9.78 Å². The molecule has 1 aliphatic rings. The van der Waals surface area contributed by atoms with Crippen LogP contribution in [0.2, 0.25) is 0 Å². The second kappa shape index (κ2) is 8.04. The molecule has 7 nitrogen and oxygen atoms in total. The fraction of sp³-hybridized carbons (Fsp3) is 0.238. The third-order valence-electron chi connectivity index (χ3n) is 4.87. The molecule has 0 saturated carbocycles. The van der Waals surface area contributed by atoms with Gasteiger partial charge >= 0.3 is 0 Å². The maximum atomic E-state index is 12.7. The first-order valence-corrected chi connectivity index (χ1v) is 9.31. The molecule has 0 atom stereocenters. The van der Waals surface area contributed by atoms with E-state index < -0.39 is 0 Å². The Labute approximate surface area is 164 Å². The van der Waals surface area contributed by atoms with Gasteiger partial charge in [-0.05, 0) is 42.8 Å². The van der Waals surface area contributed by atoms with E-state index in [1.165, 1.54) is 0 Å². The molecule has 1 fully saturated rings. The molecule has 1 amide bonds. The zero-order valence-electron chi connectivity index (χ0n) is 15.7. The molecule has 0 unspecified atom stereocenters. The molecule has 1 aliphatic heterocycles. The first-order chi connectivity index (χ1) is 13.7. The van der Waals surface area contributed by atoms with Gasteiger partial charge in [-0.1, -0.05) is 18.2 Å². The van der Waals surface area contributed by atoms with Crippen molar-refractivity contribution in [3.05, 3.63) is 72.1 Å². The summed E-state index contributed by atoms with van der Waals surface area (Å²) >= 11 is 0. The van der Waals surface area contributed by atoms with Crippen molar-refractivity contribution in [1.29, 1.82) is 0 Å². The molecular weight excluding hydrogens is 352 g/mol. The van der Waals surface area contributed by atoms with Crippen LogP contribution < -0.4 is 10.2 Å². The van der Waals surface area contributed by atoms with E-state index in [0.29, 0.717) is 18.9 Å². The Kier molecular flexibility index (Phi) is 5.14. The normalized spacial score (nSPS) is 14.0. The highest BCUT2D eigenvalue weighted by Gasteiger charge is 2.23. The van der Waals surface area contributed by atoms with E-state index >= 15 is 0 Å². The van der Waals surface area contributed by atoms with Crippen LogP contribution >= 0.6 is 0 Å². The van der Waals surface area contributed by atoms with Crippen molar-refractivity contribution >= 4 is 23.2 Å². The summed E-state index contributed by atoms with van der Waals surface area (Å²) in [7, 11) is 0. The lowest BCUT2D eigenvalue weighted by Crippen LogP contribution is -2.49. The summed E-state index contributed by atoms with van der Waals surface area (Å²) in [5.74, 6) is 1.60. The monoisotopic (exact) mass is 374 g/mol. The minimum Gasteiger partial charge on any atom is -0.352 e. The minimum atomic E-state index is 0.0979. The SMILES string of the molecule is Cc1ccccc1C(=O)N1CCN(c2ccc(Nc3ccncc3)nn2)CC1. The number of aryl methyl sites for hydroxylation is 1. The molecule has 0 spiro atoms. The predicted molar refractivity (Wildman–Crippen MR) is 109 cm³/mol. The Morgan fingerprint density at radius 3 is 2.36 bits per heavy atom. The summed E-state index contributed by atoms with van der Waals surface area (Å²) in [6.07, 6.45) is 3.45. The van der Waals surface area contributed by atoms with Crippen LogP contribution in [0.25, 0.3) is 0 Å². The number of amides is 1. The Hall–Kier alpha value is -3.48. The fourth-order valence-electron chi connectivity index (χ4n) is 3.27. The second-order valence-corrected chi connectivity index (χ2v) is 6.73. The standard InChI is InChI=1S/C21H22N6O/c1-16-4-2-3-5-18(16)21(28)27-14-12-26(13-15-27)20-7-6-19(24-25-20)23-17-8-10-22-11-9-17/h2-11H,12-15H2,1H3,(H,22,23,24). The van der Waals surface area contributed by atoms with Gasteiger partial charge < -0.3 is 15.1 Å². The molecule has 1 N–H and O–H groups in total. The van der Waals surface area contributed by atoms with Gasteiger partial charge in [-0.2, -0.15) is 0 Å². The number of aromatic nitrogens is 3. The second-order valence-electron chi connectivity index (χ2n) is 6.73. The van der Waals surface area contributed by atoms with E-state index in [1.54, 1.807) is 12.4 Å². The fourth-order valence-corrected chi connectivity index (χ4v) is 3.27. The van der Waals surface area contributed by atoms with Crippen LogP contribution in [0.5, 0.6) is 0 Å². The maximum absolute atomic E-state index is 12.7. The summed E-state index contributed by atoms with van der Waals surface area (Å²) in [4.78, 5) is 20.8. The first kappa shape index (κ1) is 17.9. The smallest absolute Gasteiger partial charge is 0.254 e. The molecular formula is C21H22N6O. The number of piperazine rings is 1. The zero-order valence-corrected chi connectivity index (χ0v) is 15.7. The molecule has 0 radical (unpaired) electrons. The van der Waals surface area contributed by atoms with Gasteiger partial charge in [-0.25, -0.2) is 0 Å². The number of rotatable bonds is 4. The Morgan fingerprint density at radius 2 is 1.68 bits per heavy atom. The van der Waals surface area contributed by atoms with Crippen LogP contribution in [0.3, 0.4) is 0 Å². The van der Waals surface area contributed by atoms with Gasteiger partial charge in [0.1, 0.15) is 0 Å². The largest absolute Gasteiger partial charge is 0.352 e. The lowest BCUT2D eigenvalue weighted by Gasteiger charge is -2.35. The van der Waals surface area contributed by atoms with E-state index in [2.05, 4.69) is 25.4 Å². The van der Waals surface area contributed by atoms with Crippen molar-refractivity contribution in [1.82, 2.24) is 20.1 Å². The van der Waals surface area contributed by atoms with Crippen molar-refractivity contribution in [2.24, 2.45) is 0 Å². The minimum absolute atomic E-state index is 0.0979. The number of pyridine rings is 1. The van der Waals surface area contributed by atoms with Crippen LogP contribution in [0.4, 0.5) is 17.3 Å². The Balaban J connectivity index is 1.36. The number of benzene rings is 1. The number of carbonyl (C=O) groups is 1. The highest BCUT2D eigenvalue weighted by molar-refractivity contribution is 5.95. The van der Waals surface area contributed by atoms with E-state index in [1.807, 2.05) is 60.4 Å². The summed E-state index contributed by atoms with van der Waals surface area (Å²) in [5, 5.41) is 11.8. The molecule has 0 aliphatic carbocycles. The van der Waals surface area contributed by atoms with Crippen LogP contribution in [0, 0.1) is 6.92 Å². The number of hydrogen-bond donors (Lipinski definition) is 1. The molecule has 28 heavy (non-hydrogen) atoms. The Bertz CT molecular complexity index is 937. The number of hydrogen-bond acceptors (Lipinski definition) is 6. The molecule has 142 valence electrons. The average molecular weight is 374 g/mol. The van der Waals surface area contributed by atoms with Gasteiger partial charge in [0.15, 0.2) is 11.6 Å². The molecule has 7 heteroatoms. The maximum Gasteiger partial charge on any atom is 0.254 e. The van der Waals surface area contributed by atoms with Gasteiger partial charge in [0, 0.05) is 49.8 Å². The molecule has 1 saturated heterocycles. The predicted octanol–water partition coefficient (Wildman–Crippen LogP) is 2.89. The molecule has 3 aromatic rings. The molecule has 1 aromatic carbocycles. The van der Waals surface area contributed by atoms with Crippen molar-refractivity contribution in [3.63, 3.8) is 0 Å². The van der Waals surface area contributed by atoms with Crippen molar-refractivity contribution in [2.75, 3.05) is 36.4 Å². The summed E-state index contributed by atoms with van der Waals surface area (Å²) < 4.78 is 0. The lowest BCUT2D eigenvalue weighted by atomic mass is 10.1. The summed E-state index contributed by atoms with van der Waals surface area (Å²) in [5.41, 5.74) is 2.71. The number of carbonyl (C=O) groups excluding carboxylic acids is 1. The van der Waals surface area contributed by atoms with E-state index in [-0.39, 0.29) is 5.91 Å². The Morgan fingerprint density at radius 1 is 0.929 bits per heavy atom. The zero-order chi connectivity index (χ0) is 19.3.